The third-order valence-corrected chi connectivity index (χ3v) is 1.41. The fourth-order valence-corrected chi connectivity index (χ4v) is 0.682. The molecule has 0 saturated carbocycles. The molecule has 0 aliphatic heterocycles. The predicted molar refractivity (Wildman–Crippen MR) is 48.9 cm³/mol. The second kappa shape index (κ2) is 8.85. The highest BCUT2D eigenvalue weighted by molar-refractivity contribution is 4.39. The maximum Gasteiger partial charge on any atom is 0.0202 e. The summed E-state index contributed by atoms with van der Waals surface area (Å²) in [5.41, 5.74) is 10.9. The van der Waals surface area contributed by atoms with Gasteiger partial charge in [-0.2, -0.15) is 21.7 Å². The summed E-state index contributed by atoms with van der Waals surface area (Å²) in [6.07, 6.45) is 3.66. The van der Waals surface area contributed by atoms with Gasteiger partial charge in [-0.05, 0) is 6.42 Å². The topological polar surface area (TPSA) is 77.4 Å². The second-order valence-corrected chi connectivity index (χ2v) is 2.56. The Morgan fingerprint density at radius 1 is 1.33 bits per heavy atom. The van der Waals surface area contributed by atoms with Crippen LogP contribution in [-0.4, -0.2) is 18.7 Å². The molecule has 0 atom stereocenters. The number of hydrogen-bond acceptors (Lipinski definition) is 6. The Kier molecular flexibility index (Phi) is 8.68. The van der Waals surface area contributed by atoms with Gasteiger partial charge < -0.3 is 0 Å². The fraction of sp³-hybridized carbons (Fsp3) is 1.00. The van der Waals surface area contributed by atoms with Gasteiger partial charge >= 0.3 is 0 Å². The van der Waals surface area contributed by atoms with Crippen LogP contribution in [0.15, 0.2) is 0 Å². The highest BCUT2D eigenvalue weighted by Gasteiger charge is 1.89. The number of nitrogens with one attached hydrogen (secondary N) is 4. The van der Waals surface area contributed by atoms with Gasteiger partial charge in [-0.25, -0.2) is 5.43 Å². The number of hydrogen-bond donors (Lipinski definition) is 5. The lowest BCUT2D eigenvalue weighted by molar-refractivity contribution is 0.108. The highest BCUT2D eigenvalue weighted by atomic mass is 15.9. The van der Waals surface area contributed by atoms with Gasteiger partial charge in [-0.1, -0.05) is 19.8 Å². The number of nitrogens with two attached hydrogens (primary N) is 1. The van der Waals surface area contributed by atoms with Crippen molar-refractivity contribution in [1.29, 1.82) is 0 Å². The largest absolute Gasteiger partial charge is 0.256 e. The molecule has 0 fully saturated rings. The maximum absolute atomic E-state index is 5.08. The summed E-state index contributed by atoms with van der Waals surface area (Å²) in [5, 5.41) is 1.49. The molecule has 0 radical (unpaired) electrons. The lowest BCUT2D eigenvalue weighted by Gasteiger charge is -2.16. The molecule has 6 heteroatoms. The van der Waals surface area contributed by atoms with Gasteiger partial charge in [0.2, 0.25) is 0 Å². The molecule has 6 N–H and O–H groups in total. The Morgan fingerprint density at radius 3 is 2.67 bits per heavy atom. The van der Waals surface area contributed by atoms with E-state index in [2.05, 4.69) is 29.0 Å². The first-order valence-corrected chi connectivity index (χ1v) is 4.24. The summed E-state index contributed by atoms with van der Waals surface area (Å²) in [7, 11) is 1.75. The van der Waals surface area contributed by atoms with Crippen molar-refractivity contribution >= 4 is 0 Å². The van der Waals surface area contributed by atoms with Crippen molar-refractivity contribution < 1.29 is 0 Å². The normalized spacial score (nSPS) is 11.0. The van der Waals surface area contributed by atoms with Crippen LogP contribution in [0.4, 0.5) is 0 Å². The van der Waals surface area contributed by atoms with Crippen LogP contribution in [0.5, 0.6) is 0 Å². The van der Waals surface area contributed by atoms with E-state index in [1.165, 1.54) is 24.4 Å². The number of unbranched alkanes of at least 4 members (excludes halogenated alkanes) is 2. The van der Waals surface area contributed by atoms with Gasteiger partial charge in [-0.15, -0.1) is 0 Å². The average molecular weight is 176 g/mol. The molecule has 0 rings (SSSR count). The minimum Gasteiger partial charge on any atom is -0.256 e. The average Bonchev–Trinajstić information content (AvgIpc) is 2.10. The molecule has 0 aromatic carbocycles. The van der Waals surface area contributed by atoms with Crippen LogP contribution >= 0.6 is 0 Å². The minimum atomic E-state index is 0.944. The second-order valence-electron chi connectivity index (χ2n) is 2.56. The molecule has 0 saturated heterocycles. The van der Waals surface area contributed by atoms with Crippen molar-refractivity contribution in [2.24, 2.45) is 5.84 Å². The van der Waals surface area contributed by atoms with Crippen LogP contribution in [0.3, 0.4) is 0 Å². The Morgan fingerprint density at radius 2 is 2.08 bits per heavy atom. The molecule has 0 aromatic heterocycles. The molecule has 0 amide bonds. The Hall–Kier alpha value is -0.240. The molecule has 0 unspecified atom stereocenters. The van der Waals surface area contributed by atoms with E-state index < -0.39 is 0 Å². The van der Waals surface area contributed by atoms with Gasteiger partial charge in [0.15, 0.2) is 0 Å². The first kappa shape index (κ1) is 11.8. The summed E-state index contributed by atoms with van der Waals surface area (Å²) in [5.74, 6) is 5.08. The molecule has 0 bridgehead atoms. The van der Waals surface area contributed by atoms with Crippen LogP contribution in [0.1, 0.15) is 26.2 Å². The Labute approximate surface area is 73.7 Å². The third-order valence-electron chi connectivity index (χ3n) is 1.41. The quantitative estimate of drug-likeness (QED) is 0.185. The van der Waals surface area contributed by atoms with E-state index in [0.29, 0.717) is 0 Å². The summed E-state index contributed by atoms with van der Waals surface area (Å²) >= 11 is 0. The first-order chi connectivity index (χ1) is 5.81. The van der Waals surface area contributed by atoms with E-state index in [9.17, 15) is 0 Å². The van der Waals surface area contributed by atoms with E-state index >= 15 is 0 Å². The smallest absolute Gasteiger partial charge is 0.0202 e. The van der Waals surface area contributed by atoms with Crippen LogP contribution < -0.4 is 27.9 Å². The third kappa shape index (κ3) is 7.86. The SMILES string of the molecule is CCCCCNNNN(C)NN. The Balaban J connectivity index is 2.90. The Bertz CT molecular complexity index is 88.1. The molecule has 0 heterocycles. The minimum absolute atomic E-state index is 0.944. The molecule has 0 aliphatic carbocycles. The monoisotopic (exact) mass is 176 g/mol. The lowest BCUT2D eigenvalue weighted by atomic mass is 10.3. The van der Waals surface area contributed by atoms with E-state index in [-0.39, 0.29) is 0 Å². The van der Waals surface area contributed by atoms with Crippen molar-refractivity contribution in [3.63, 3.8) is 0 Å². The zero-order chi connectivity index (χ0) is 9.23. The molecule has 0 aromatic rings. The first-order valence-electron chi connectivity index (χ1n) is 4.24. The van der Waals surface area contributed by atoms with Crippen LogP contribution in [-0.2, 0) is 0 Å². The highest BCUT2D eigenvalue weighted by Crippen LogP contribution is 1.89. The number of nitrogens with zero attached hydrogens (tertiary/aromatic N) is 1. The van der Waals surface area contributed by atoms with Crippen molar-refractivity contribution in [2.45, 2.75) is 26.2 Å². The van der Waals surface area contributed by atoms with Gasteiger partial charge in [0.05, 0.1) is 0 Å². The molecule has 12 heavy (non-hydrogen) atoms. The van der Waals surface area contributed by atoms with Crippen LogP contribution in [0, 0.1) is 0 Å². The van der Waals surface area contributed by atoms with Crippen molar-refractivity contribution in [2.75, 3.05) is 13.6 Å². The van der Waals surface area contributed by atoms with E-state index in [4.69, 9.17) is 5.84 Å². The van der Waals surface area contributed by atoms with Gasteiger partial charge in [0.25, 0.3) is 0 Å². The summed E-state index contributed by atoms with van der Waals surface area (Å²) in [4.78, 5) is 0. The summed E-state index contributed by atoms with van der Waals surface area (Å²) < 4.78 is 0. The maximum atomic E-state index is 5.08. The van der Waals surface area contributed by atoms with E-state index in [1.54, 1.807) is 7.05 Å². The zero-order valence-electron chi connectivity index (χ0n) is 7.85. The standard InChI is InChI=1S/C6H20N6/c1-3-4-5-6-8-10-11-12(2)9-7/h8-11H,3-7H2,1-2H3. The predicted octanol–water partition coefficient (Wildman–Crippen LogP) is -0.999. The van der Waals surface area contributed by atoms with Crippen LogP contribution in [0.25, 0.3) is 0 Å². The summed E-state index contributed by atoms with van der Waals surface area (Å²) in [6, 6.07) is 0. The number of hydrazine groups is 5. The van der Waals surface area contributed by atoms with Crippen molar-refractivity contribution in [3.8, 4) is 0 Å². The molecule has 6 nitrogen and oxygen atoms in total. The van der Waals surface area contributed by atoms with Crippen molar-refractivity contribution in [3.05, 3.63) is 0 Å². The van der Waals surface area contributed by atoms with Crippen LogP contribution in [0.2, 0.25) is 0 Å². The molecular weight excluding hydrogens is 156 g/mol. The fourth-order valence-electron chi connectivity index (χ4n) is 0.682. The van der Waals surface area contributed by atoms with E-state index in [0.717, 1.165) is 6.54 Å². The summed E-state index contributed by atoms with van der Waals surface area (Å²) in [6.45, 7) is 3.12. The lowest BCUT2D eigenvalue weighted by Crippen LogP contribution is -2.58. The van der Waals surface area contributed by atoms with Crippen molar-refractivity contribution in [1.82, 2.24) is 27.1 Å². The number of rotatable bonds is 8. The van der Waals surface area contributed by atoms with Gasteiger partial charge in [0.1, 0.15) is 0 Å². The molecule has 74 valence electrons. The molecular formula is C6H20N6. The van der Waals surface area contributed by atoms with Gasteiger partial charge in [-0.3, -0.25) is 5.84 Å². The van der Waals surface area contributed by atoms with E-state index in [1.807, 2.05) is 0 Å². The zero-order valence-corrected chi connectivity index (χ0v) is 7.85. The molecule has 0 spiro atoms. The van der Waals surface area contributed by atoms with Gasteiger partial charge in [0, 0.05) is 13.6 Å². The molecule has 0 aliphatic rings.